The summed E-state index contributed by atoms with van der Waals surface area (Å²) in [5.74, 6) is -0.391. The monoisotopic (exact) mass is 488 g/mol. The molecule has 0 aromatic carbocycles. The van der Waals surface area contributed by atoms with Crippen LogP contribution in [-0.2, 0) is 18.6 Å². The lowest BCUT2D eigenvalue weighted by molar-refractivity contribution is -0.0500. The second-order valence-electron chi connectivity index (χ2n) is 7.68. The largest absolute Gasteiger partial charge is 0.382 e. The first-order valence-electron chi connectivity index (χ1n) is 9.50. The molecule has 5 N–H and O–H groups in total. The van der Waals surface area contributed by atoms with Crippen molar-refractivity contribution in [3.05, 3.63) is 12.7 Å². The minimum absolute atomic E-state index is 0.152. The summed E-state index contributed by atoms with van der Waals surface area (Å²) in [6, 6.07) is 0. The lowest BCUT2D eigenvalue weighted by Crippen LogP contribution is -2.30. The van der Waals surface area contributed by atoms with Gasteiger partial charge in [-0.1, -0.05) is 35.4 Å². The Morgan fingerprint density at radius 1 is 1.48 bits per heavy atom. The van der Waals surface area contributed by atoms with E-state index in [9.17, 15) is 9.46 Å². The van der Waals surface area contributed by atoms with Crippen molar-refractivity contribution in [1.29, 1.82) is 0 Å². The molecule has 3 heterocycles. The van der Waals surface area contributed by atoms with Gasteiger partial charge >= 0.3 is 7.60 Å². The minimum atomic E-state index is -3.96. The van der Waals surface area contributed by atoms with Crippen LogP contribution in [0.2, 0.25) is 0 Å². The predicted molar refractivity (Wildman–Crippen MR) is 122 cm³/mol. The van der Waals surface area contributed by atoms with Gasteiger partial charge in [0.2, 0.25) is 0 Å². The van der Waals surface area contributed by atoms with Gasteiger partial charge in [0.25, 0.3) is 0 Å². The van der Waals surface area contributed by atoms with E-state index in [4.69, 9.17) is 33.3 Å². The van der Waals surface area contributed by atoms with Gasteiger partial charge in [-0.15, -0.1) is 0 Å². The summed E-state index contributed by atoms with van der Waals surface area (Å²) in [5.41, 5.74) is 12.4. The Balaban J connectivity index is 1.72. The molecule has 3 rings (SSSR count). The summed E-state index contributed by atoms with van der Waals surface area (Å²) >= 11 is 0. The Bertz CT molecular complexity index is 945. The number of imidazole rings is 1. The fourth-order valence-electron chi connectivity index (χ4n) is 2.87. The molecule has 1 fully saturated rings. The van der Waals surface area contributed by atoms with Crippen LogP contribution in [0.1, 0.15) is 33.4 Å². The number of fused-ring (bicyclic) bond motifs is 1. The van der Waals surface area contributed by atoms with Crippen molar-refractivity contribution in [3.8, 4) is 0 Å². The highest BCUT2D eigenvalue weighted by Gasteiger charge is 2.40. The van der Waals surface area contributed by atoms with E-state index in [0.29, 0.717) is 23.5 Å². The van der Waals surface area contributed by atoms with Crippen LogP contribution in [0, 0.1) is 0 Å². The Morgan fingerprint density at radius 2 is 2.23 bits per heavy atom. The van der Waals surface area contributed by atoms with Crippen molar-refractivity contribution >= 4 is 54.0 Å². The Kier molecular flexibility index (Phi) is 7.96. The molecular weight excluding hydrogens is 462 g/mol. The molecule has 5 atom stereocenters. The zero-order valence-corrected chi connectivity index (χ0v) is 20.0. The number of rotatable bonds is 10. The lowest BCUT2D eigenvalue weighted by Gasteiger charge is -2.22. The molecule has 1 aliphatic heterocycles. The zero-order chi connectivity index (χ0) is 22.8. The van der Waals surface area contributed by atoms with E-state index >= 15 is 0 Å². The average molecular weight is 488 g/mol. The molecule has 0 saturated carbocycles. The first-order valence-corrected chi connectivity index (χ1v) is 13.5. The van der Waals surface area contributed by atoms with Gasteiger partial charge in [0.05, 0.1) is 26.9 Å². The SMILES string of the molecule is [B]C(C)(C)SSCO[C@@H]1C[C@H](n2cnc3c(N)ncnc32)OC1COP(=O)(O)C(C)N. The molecule has 170 valence electrons. The molecule has 31 heavy (non-hydrogen) atoms. The van der Waals surface area contributed by atoms with Crippen LogP contribution in [0.25, 0.3) is 11.2 Å². The molecule has 0 spiro atoms. The average Bonchev–Trinajstić information content (AvgIpc) is 3.27. The number of nitrogens with zero attached hydrogens (tertiary/aromatic N) is 4. The molecule has 2 aromatic heterocycles. The van der Waals surface area contributed by atoms with Gasteiger partial charge in [-0.25, -0.2) is 15.0 Å². The van der Waals surface area contributed by atoms with E-state index in [2.05, 4.69) is 15.0 Å². The fraction of sp³-hybridized carbons (Fsp3) is 0.688. The summed E-state index contributed by atoms with van der Waals surface area (Å²) in [7, 11) is 4.97. The summed E-state index contributed by atoms with van der Waals surface area (Å²) in [5, 5.41) is 0. The molecule has 1 saturated heterocycles. The third-order valence-electron chi connectivity index (χ3n) is 4.42. The Hall–Kier alpha value is -0.855. The molecule has 2 aromatic rings. The van der Waals surface area contributed by atoms with Crippen LogP contribution in [0.5, 0.6) is 0 Å². The lowest BCUT2D eigenvalue weighted by atomic mass is 9.91. The topological polar surface area (TPSA) is 161 Å². The summed E-state index contributed by atoms with van der Waals surface area (Å²) in [4.78, 5) is 22.4. The number of hydrogen-bond donors (Lipinski definition) is 3. The van der Waals surface area contributed by atoms with Crippen molar-refractivity contribution in [2.45, 2.75) is 56.1 Å². The molecule has 0 aliphatic carbocycles. The minimum Gasteiger partial charge on any atom is -0.382 e. The normalized spacial score (nSPS) is 25.0. The Morgan fingerprint density at radius 3 is 2.90 bits per heavy atom. The number of anilines is 1. The van der Waals surface area contributed by atoms with Crippen LogP contribution in [0.4, 0.5) is 5.82 Å². The standard InChI is InChI=1S/C16H26BN6O5PS2/c1-9(18)29(24,25)27-5-11-10(26-8-30-31-16(2,3)17)4-12(28-11)23-7-22-13-14(19)20-6-21-15(13)23/h6-7,9-12H,4-5,8,18H2,1-3H3,(H,24,25)(H2,19,20,21)/t9?,10-,11?,12-/m1/s1. The van der Waals surface area contributed by atoms with Crippen molar-refractivity contribution < 1.29 is 23.5 Å². The molecule has 1 aliphatic rings. The highest BCUT2D eigenvalue weighted by Crippen LogP contribution is 2.46. The van der Waals surface area contributed by atoms with Crippen molar-refractivity contribution in [2.24, 2.45) is 5.73 Å². The number of hydrogen-bond acceptors (Lipinski definition) is 11. The quantitative estimate of drug-likeness (QED) is 0.147. The van der Waals surface area contributed by atoms with E-state index < -0.39 is 36.5 Å². The summed E-state index contributed by atoms with van der Waals surface area (Å²) in [6.45, 7) is 5.07. The molecule has 3 unspecified atom stereocenters. The fourth-order valence-corrected chi connectivity index (χ4v) is 5.27. The predicted octanol–water partition coefficient (Wildman–Crippen LogP) is 1.83. The van der Waals surface area contributed by atoms with E-state index in [1.165, 1.54) is 34.8 Å². The van der Waals surface area contributed by atoms with E-state index in [0.717, 1.165) is 0 Å². The highest BCUT2D eigenvalue weighted by molar-refractivity contribution is 8.77. The Labute approximate surface area is 189 Å². The number of nitrogens with two attached hydrogens (primary N) is 2. The third kappa shape index (κ3) is 6.35. The summed E-state index contributed by atoms with van der Waals surface area (Å²) in [6.07, 6.45) is 1.90. The second kappa shape index (κ2) is 9.96. The van der Waals surface area contributed by atoms with Crippen LogP contribution < -0.4 is 11.5 Å². The van der Waals surface area contributed by atoms with Gasteiger partial charge in [0.1, 0.15) is 35.9 Å². The zero-order valence-electron chi connectivity index (χ0n) is 17.5. The van der Waals surface area contributed by atoms with Gasteiger partial charge in [-0.05, 0) is 11.6 Å². The second-order valence-corrected chi connectivity index (χ2v) is 12.8. The number of aromatic nitrogens is 4. The van der Waals surface area contributed by atoms with Crippen molar-refractivity contribution in [2.75, 3.05) is 18.3 Å². The van der Waals surface area contributed by atoms with Gasteiger partial charge < -0.3 is 30.4 Å². The van der Waals surface area contributed by atoms with Crippen LogP contribution in [-0.4, -0.2) is 67.4 Å². The maximum absolute atomic E-state index is 12.1. The van der Waals surface area contributed by atoms with Gasteiger partial charge in [0.15, 0.2) is 11.5 Å². The molecule has 0 bridgehead atoms. The van der Waals surface area contributed by atoms with Crippen molar-refractivity contribution in [3.63, 3.8) is 0 Å². The molecule has 11 nitrogen and oxygen atoms in total. The maximum Gasteiger partial charge on any atom is 0.344 e. The maximum atomic E-state index is 12.1. The van der Waals surface area contributed by atoms with E-state index in [-0.39, 0.29) is 12.4 Å². The first kappa shape index (κ1) is 24.8. The molecule has 15 heteroatoms. The van der Waals surface area contributed by atoms with E-state index in [1.807, 2.05) is 13.8 Å². The van der Waals surface area contributed by atoms with Gasteiger partial charge in [0, 0.05) is 6.42 Å². The smallest absolute Gasteiger partial charge is 0.344 e. The van der Waals surface area contributed by atoms with E-state index in [1.54, 1.807) is 10.9 Å². The third-order valence-corrected chi connectivity index (χ3v) is 8.68. The molecular formula is C16H26BN6O5PS2. The van der Waals surface area contributed by atoms with Crippen molar-refractivity contribution in [1.82, 2.24) is 19.5 Å². The van der Waals surface area contributed by atoms with Gasteiger partial charge in [-0.3, -0.25) is 9.13 Å². The van der Waals surface area contributed by atoms with Crippen LogP contribution in [0.15, 0.2) is 12.7 Å². The summed E-state index contributed by atoms with van der Waals surface area (Å²) < 4.78 is 30.8. The first-order chi connectivity index (χ1) is 14.5. The molecule has 0 amide bonds. The van der Waals surface area contributed by atoms with Gasteiger partial charge in [-0.2, -0.15) is 0 Å². The van der Waals surface area contributed by atoms with Crippen LogP contribution in [0.3, 0.4) is 0 Å². The number of nitrogen functional groups attached to an aromatic ring is 1. The highest BCUT2D eigenvalue weighted by atomic mass is 33.1. The number of ether oxygens (including phenoxy) is 2. The van der Waals surface area contributed by atoms with Crippen LogP contribution >= 0.6 is 29.2 Å². The molecule has 2 radical (unpaired) electrons.